The van der Waals surface area contributed by atoms with Gasteiger partial charge in [0.25, 0.3) is 0 Å². The summed E-state index contributed by atoms with van der Waals surface area (Å²) in [6, 6.07) is 3.90. The Hall–Kier alpha value is -1.62. The Morgan fingerprint density at radius 2 is 2.20 bits per heavy atom. The van der Waals surface area contributed by atoms with Crippen molar-refractivity contribution in [1.82, 2.24) is 4.90 Å². The molecule has 1 rings (SSSR count). The molecule has 4 nitrogen and oxygen atoms in total. The van der Waals surface area contributed by atoms with Crippen LogP contribution >= 0.6 is 11.3 Å². The average molecular weight is 295 g/mol. The first-order chi connectivity index (χ1) is 9.52. The minimum Gasteiger partial charge on any atom is -0.469 e. The smallest absolute Gasteiger partial charge is 0.307 e. The van der Waals surface area contributed by atoms with Crippen LogP contribution in [0.15, 0.2) is 23.6 Å². The van der Waals surface area contributed by atoms with Crippen molar-refractivity contribution in [3.63, 3.8) is 0 Å². The number of amides is 1. The molecule has 0 bridgehead atoms. The third-order valence-corrected chi connectivity index (χ3v) is 3.48. The highest BCUT2D eigenvalue weighted by Crippen LogP contribution is 2.11. The van der Waals surface area contributed by atoms with Gasteiger partial charge in [0, 0.05) is 24.0 Å². The maximum absolute atomic E-state index is 12.2. The minimum atomic E-state index is -0.297. The molecule has 110 valence electrons. The summed E-state index contributed by atoms with van der Waals surface area (Å²) in [4.78, 5) is 26.1. The Balaban J connectivity index is 2.61. The molecule has 0 saturated heterocycles. The van der Waals surface area contributed by atoms with Gasteiger partial charge >= 0.3 is 5.97 Å². The molecule has 0 spiro atoms. The zero-order chi connectivity index (χ0) is 15.0. The van der Waals surface area contributed by atoms with Gasteiger partial charge in [-0.2, -0.15) is 0 Å². The van der Waals surface area contributed by atoms with Gasteiger partial charge in [-0.25, -0.2) is 0 Å². The van der Waals surface area contributed by atoms with Crippen LogP contribution in [0, 0.1) is 5.92 Å². The molecule has 20 heavy (non-hydrogen) atoms. The van der Waals surface area contributed by atoms with Gasteiger partial charge in [0.15, 0.2) is 0 Å². The highest BCUT2D eigenvalue weighted by molar-refractivity contribution is 7.10. The number of carbonyl (C=O) groups is 2. The van der Waals surface area contributed by atoms with Gasteiger partial charge in [0.2, 0.25) is 5.91 Å². The first-order valence-electron chi connectivity index (χ1n) is 6.60. The Labute approximate surface area is 124 Å². The normalized spacial score (nSPS) is 11.0. The number of nitrogens with zero attached hydrogens (tertiary/aromatic N) is 1. The lowest BCUT2D eigenvalue weighted by Crippen LogP contribution is -2.34. The molecule has 0 atom stereocenters. The van der Waals surface area contributed by atoms with Crippen LogP contribution in [0.4, 0.5) is 0 Å². The second-order valence-electron chi connectivity index (χ2n) is 4.85. The number of hydrogen-bond acceptors (Lipinski definition) is 4. The van der Waals surface area contributed by atoms with E-state index in [4.69, 9.17) is 0 Å². The van der Waals surface area contributed by atoms with Crippen molar-refractivity contribution in [2.75, 3.05) is 20.2 Å². The molecule has 1 heterocycles. The third-order valence-electron chi connectivity index (χ3n) is 2.64. The standard InChI is InChI=1S/C15H21NO3S/c1-12(2)11-16(9-8-15(18)19-3)14(17)7-6-13-5-4-10-20-13/h4-7,10,12H,8-9,11H2,1-3H3. The van der Waals surface area contributed by atoms with Gasteiger partial charge in [-0.15, -0.1) is 11.3 Å². The fourth-order valence-electron chi connectivity index (χ4n) is 1.71. The summed E-state index contributed by atoms with van der Waals surface area (Å²) in [5, 5.41) is 1.97. The van der Waals surface area contributed by atoms with Crippen molar-refractivity contribution in [3.8, 4) is 0 Å². The van der Waals surface area contributed by atoms with Crippen molar-refractivity contribution >= 4 is 29.3 Å². The second kappa shape index (κ2) is 8.53. The zero-order valence-corrected chi connectivity index (χ0v) is 13.0. The van der Waals surface area contributed by atoms with Gasteiger partial charge < -0.3 is 9.64 Å². The van der Waals surface area contributed by atoms with Crippen LogP contribution < -0.4 is 0 Å². The Morgan fingerprint density at radius 3 is 2.75 bits per heavy atom. The summed E-state index contributed by atoms with van der Waals surface area (Å²) in [5.41, 5.74) is 0. The molecule has 1 amide bonds. The molecule has 0 N–H and O–H groups in total. The number of methoxy groups -OCH3 is 1. The molecule has 0 aliphatic carbocycles. The summed E-state index contributed by atoms with van der Waals surface area (Å²) >= 11 is 1.58. The van der Waals surface area contributed by atoms with Crippen LogP contribution in [-0.4, -0.2) is 37.0 Å². The van der Waals surface area contributed by atoms with Crippen LogP contribution in [0.3, 0.4) is 0 Å². The lowest BCUT2D eigenvalue weighted by molar-refractivity contribution is -0.141. The summed E-state index contributed by atoms with van der Waals surface area (Å²) in [5.74, 6) is -0.0171. The van der Waals surface area contributed by atoms with Crippen LogP contribution in [0.1, 0.15) is 25.1 Å². The number of thiophene rings is 1. The minimum absolute atomic E-state index is 0.0731. The number of ether oxygens (including phenoxy) is 1. The van der Waals surface area contributed by atoms with Crippen LogP contribution in [0.25, 0.3) is 6.08 Å². The molecule has 0 aromatic carbocycles. The second-order valence-corrected chi connectivity index (χ2v) is 5.83. The van der Waals surface area contributed by atoms with E-state index < -0.39 is 0 Å². The Morgan fingerprint density at radius 1 is 1.45 bits per heavy atom. The van der Waals surface area contributed by atoms with Crippen molar-refractivity contribution in [2.45, 2.75) is 20.3 Å². The first kappa shape index (κ1) is 16.4. The van der Waals surface area contributed by atoms with Gasteiger partial charge in [0.1, 0.15) is 0 Å². The van der Waals surface area contributed by atoms with E-state index in [0.29, 0.717) is 19.0 Å². The van der Waals surface area contributed by atoms with Crippen LogP contribution in [-0.2, 0) is 14.3 Å². The molecular formula is C15H21NO3S. The van der Waals surface area contributed by atoms with E-state index in [1.165, 1.54) is 7.11 Å². The maximum Gasteiger partial charge on any atom is 0.307 e. The SMILES string of the molecule is COC(=O)CCN(CC(C)C)C(=O)C=Cc1cccs1. The van der Waals surface area contributed by atoms with E-state index in [1.807, 2.05) is 31.4 Å². The number of esters is 1. The molecular weight excluding hydrogens is 274 g/mol. The third kappa shape index (κ3) is 6.02. The van der Waals surface area contributed by atoms with Crippen molar-refractivity contribution < 1.29 is 14.3 Å². The van der Waals surface area contributed by atoms with E-state index in [2.05, 4.69) is 4.74 Å². The van der Waals surface area contributed by atoms with Crippen molar-refractivity contribution in [2.24, 2.45) is 5.92 Å². The first-order valence-corrected chi connectivity index (χ1v) is 7.48. The van der Waals surface area contributed by atoms with Gasteiger partial charge in [0.05, 0.1) is 13.5 Å². The van der Waals surface area contributed by atoms with Gasteiger partial charge in [-0.05, 0) is 23.4 Å². The monoisotopic (exact) mass is 295 g/mol. The lowest BCUT2D eigenvalue weighted by Gasteiger charge is -2.22. The van der Waals surface area contributed by atoms with E-state index in [9.17, 15) is 9.59 Å². The van der Waals surface area contributed by atoms with Gasteiger partial charge in [-0.1, -0.05) is 19.9 Å². The zero-order valence-electron chi connectivity index (χ0n) is 12.2. The molecule has 0 radical (unpaired) electrons. The molecule has 0 fully saturated rings. The van der Waals surface area contributed by atoms with Crippen molar-refractivity contribution in [1.29, 1.82) is 0 Å². The number of hydrogen-bond donors (Lipinski definition) is 0. The highest BCUT2D eigenvalue weighted by Gasteiger charge is 2.14. The average Bonchev–Trinajstić information content (AvgIpc) is 2.93. The molecule has 5 heteroatoms. The van der Waals surface area contributed by atoms with E-state index in [1.54, 1.807) is 28.4 Å². The van der Waals surface area contributed by atoms with Crippen LogP contribution in [0.5, 0.6) is 0 Å². The quantitative estimate of drug-likeness (QED) is 0.574. The maximum atomic E-state index is 12.2. The molecule has 0 aliphatic rings. The summed E-state index contributed by atoms with van der Waals surface area (Å²) in [6.07, 6.45) is 3.59. The molecule has 0 saturated carbocycles. The summed E-state index contributed by atoms with van der Waals surface area (Å²) in [7, 11) is 1.35. The predicted molar refractivity (Wildman–Crippen MR) is 81.4 cm³/mol. The number of rotatable bonds is 7. The highest BCUT2D eigenvalue weighted by atomic mass is 32.1. The molecule has 0 unspecified atom stereocenters. The van der Waals surface area contributed by atoms with E-state index >= 15 is 0 Å². The fraction of sp³-hybridized carbons (Fsp3) is 0.467. The Bertz CT molecular complexity index is 452. The lowest BCUT2D eigenvalue weighted by atomic mass is 10.2. The number of carbonyl (C=O) groups excluding carboxylic acids is 2. The topological polar surface area (TPSA) is 46.6 Å². The molecule has 1 aromatic rings. The largest absolute Gasteiger partial charge is 0.469 e. The molecule has 1 aromatic heterocycles. The summed E-state index contributed by atoms with van der Waals surface area (Å²) in [6.45, 7) is 5.10. The van der Waals surface area contributed by atoms with E-state index in [0.717, 1.165) is 4.88 Å². The van der Waals surface area contributed by atoms with Crippen LogP contribution in [0.2, 0.25) is 0 Å². The van der Waals surface area contributed by atoms with Crippen molar-refractivity contribution in [3.05, 3.63) is 28.5 Å². The van der Waals surface area contributed by atoms with Gasteiger partial charge in [-0.3, -0.25) is 9.59 Å². The summed E-state index contributed by atoms with van der Waals surface area (Å²) < 4.78 is 4.61. The van der Waals surface area contributed by atoms with E-state index in [-0.39, 0.29) is 18.3 Å². The fourth-order valence-corrected chi connectivity index (χ4v) is 2.32. The molecule has 0 aliphatic heterocycles. The predicted octanol–water partition coefficient (Wildman–Crippen LogP) is 2.81. The Kier molecular flexibility index (Phi) is 7.01.